The van der Waals surface area contributed by atoms with E-state index in [2.05, 4.69) is 29.2 Å². The van der Waals surface area contributed by atoms with E-state index in [0.29, 0.717) is 38.0 Å². The summed E-state index contributed by atoms with van der Waals surface area (Å²) in [4.78, 5) is 17.5. The van der Waals surface area contributed by atoms with Gasteiger partial charge in [-0.15, -0.1) is 0 Å². The van der Waals surface area contributed by atoms with Gasteiger partial charge < -0.3 is 4.90 Å². The largest absolute Gasteiger partial charge is 0.342 e. The molecular weight excluding hydrogens is 291 g/mol. The zero-order valence-electron chi connectivity index (χ0n) is 13.5. The van der Waals surface area contributed by atoms with Gasteiger partial charge in [0.15, 0.2) is 0 Å². The molecule has 1 amide bonds. The van der Waals surface area contributed by atoms with Crippen LogP contribution in [0.4, 0.5) is 4.39 Å². The lowest BCUT2D eigenvalue weighted by atomic mass is 9.92. The Morgan fingerprint density at radius 1 is 1.04 bits per heavy atom. The van der Waals surface area contributed by atoms with Crippen molar-refractivity contribution in [1.82, 2.24) is 9.80 Å². The third-order valence-electron chi connectivity index (χ3n) is 5.92. The topological polar surface area (TPSA) is 23.6 Å². The van der Waals surface area contributed by atoms with Crippen molar-refractivity contribution >= 4 is 5.91 Å². The van der Waals surface area contributed by atoms with Gasteiger partial charge in [-0.2, -0.15) is 0 Å². The second kappa shape index (κ2) is 6.23. The molecule has 0 aromatic heterocycles. The van der Waals surface area contributed by atoms with Crippen molar-refractivity contribution in [2.45, 2.75) is 50.4 Å². The van der Waals surface area contributed by atoms with Crippen LogP contribution < -0.4 is 0 Å². The molecule has 0 bridgehead atoms. The monoisotopic (exact) mass is 316 g/mol. The molecule has 0 N–H and O–H groups in total. The van der Waals surface area contributed by atoms with Crippen LogP contribution in [0.15, 0.2) is 30.3 Å². The first-order valence-electron chi connectivity index (χ1n) is 8.97. The Labute approximate surface area is 137 Å². The molecule has 3 fully saturated rings. The standard InChI is InChI=1S/C19H25FN2O/c20-15-8-11-21(12-9-15)19(23)16-13-18(14-5-2-1-3-6-14)22-10-4-7-17(16)22/h1-3,5-6,15-18H,4,7-13H2/t16-,17+,18-/m1/s1. The number of halogens is 1. The van der Waals surface area contributed by atoms with E-state index in [4.69, 9.17) is 0 Å². The molecule has 3 aliphatic rings. The van der Waals surface area contributed by atoms with Gasteiger partial charge in [0.2, 0.25) is 5.91 Å². The van der Waals surface area contributed by atoms with Crippen molar-refractivity contribution in [3.63, 3.8) is 0 Å². The fourth-order valence-electron chi connectivity index (χ4n) is 4.74. The van der Waals surface area contributed by atoms with Crippen LogP contribution >= 0.6 is 0 Å². The molecule has 124 valence electrons. The Kier molecular flexibility index (Phi) is 4.10. The van der Waals surface area contributed by atoms with E-state index in [9.17, 15) is 9.18 Å². The van der Waals surface area contributed by atoms with Crippen molar-refractivity contribution < 1.29 is 9.18 Å². The molecule has 0 unspecified atom stereocenters. The predicted molar refractivity (Wildman–Crippen MR) is 87.7 cm³/mol. The Morgan fingerprint density at radius 2 is 1.78 bits per heavy atom. The number of alkyl halides is 1. The van der Waals surface area contributed by atoms with E-state index in [1.165, 1.54) is 12.0 Å². The molecule has 3 heterocycles. The minimum absolute atomic E-state index is 0.0962. The van der Waals surface area contributed by atoms with E-state index >= 15 is 0 Å². The summed E-state index contributed by atoms with van der Waals surface area (Å²) in [5, 5.41) is 0. The van der Waals surface area contributed by atoms with Crippen molar-refractivity contribution in [2.24, 2.45) is 5.92 Å². The van der Waals surface area contributed by atoms with Crippen LogP contribution in [-0.4, -0.2) is 47.6 Å². The first kappa shape index (κ1) is 15.1. The van der Waals surface area contributed by atoms with Crippen LogP contribution in [-0.2, 0) is 4.79 Å². The highest BCUT2D eigenvalue weighted by atomic mass is 19.1. The highest BCUT2D eigenvalue weighted by Crippen LogP contribution is 2.45. The van der Waals surface area contributed by atoms with Crippen LogP contribution in [0, 0.1) is 5.92 Å². The fraction of sp³-hybridized carbons (Fsp3) is 0.632. The molecule has 3 atom stereocenters. The van der Waals surface area contributed by atoms with E-state index in [1.54, 1.807) is 0 Å². The van der Waals surface area contributed by atoms with Crippen LogP contribution in [0.2, 0.25) is 0 Å². The number of hydrogen-bond donors (Lipinski definition) is 0. The number of hydrogen-bond acceptors (Lipinski definition) is 2. The molecule has 0 aliphatic carbocycles. The molecule has 0 radical (unpaired) electrons. The summed E-state index contributed by atoms with van der Waals surface area (Å²) < 4.78 is 13.3. The second-order valence-corrected chi connectivity index (χ2v) is 7.22. The van der Waals surface area contributed by atoms with Crippen molar-refractivity contribution in [3.05, 3.63) is 35.9 Å². The highest BCUT2D eigenvalue weighted by Gasteiger charge is 2.48. The van der Waals surface area contributed by atoms with Gasteiger partial charge in [-0.05, 0) is 44.2 Å². The number of likely N-dealkylation sites (tertiary alicyclic amines) is 1. The van der Waals surface area contributed by atoms with Crippen molar-refractivity contribution in [1.29, 1.82) is 0 Å². The maximum atomic E-state index is 13.3. The summed E-state index contributed by atoms with van der Waals surface area (Å²) >= 11 is 0. The van der Waals surface area contributed by atoms with Crippen molar-refractivity contribution in [2.75, 3.05) is 19.6 Å². The molecule has 0 saturated carbocycles. The predicted octanol–water partition coefficient (Wildman–Crippen LogP) is 3.17. The smallest absolute Gasteiger partial charge is 0.227 e. The molecule has 4 rings (SSSR count). The zero-order valence-corrected chi connectivity index (χ0v) is 13.5. The van der Waals surface area contributed by atoms with Gasteiger partial charge in [-0.25, -0.2) is 4.39 Å². The van der Waals surface area contributed by atoms with Crippen LogP contribution in [0.5, 0.6) is 0 Å². The Morgan fingerprint density at radius 3 is 2.52 bits per heavy atom. The number of amides is 1. The summed E-state index contributed by atoms with van der Waals surface area (Å²) in [5.74, 6) is 0.367. The Balaban J connectivity index is 1.52. The summed E-state index contributed by atoms with van der Waals surface area (Å²) in [6, 6.07) is 11.3. The maximum Gasteiger partial charge on any atom is 0.227 e. The van der Waals surface area contributed by atoms with Crippen LogP contribution in [0.3, 0.4) is 0 Å². The summed E-state index contributed by atoms with van der Waals surface area (Å²) in [6.45, 7) is 2.29. The molecule has 3 aliphatic heterocycles. The SMILES string of the molecule is O=C([C@@H]1C[C@H](c2ccccc2)N2CCC[C@@H]12)N1CCC(F)CC1. The maximum absolute atomic E-state index is 13.3. The number of carbonyl (C=O) groups excluding carboxylic acids is 1. The summed E-state index contributed by atoms with van der Waals surface area (Å²) in [5.41, 5.74) is 1.33. The van der Waals surface area contributed by atoms with Gasteiger partial charge in [0, 0.05) is 25.2 Å². The lowest BCUT2D eigenvalue weighted by molar-refractivity contribution is -0.137. The average Bonchev–Trinajstić information content (AvgIpc) is 3.18. The number of rotatable bonds is 2. The number of carbonyl (C=O) groups is 1. The van der Waals surface area contributed by atoms with E-state index in [-0.39, 0.29) is 11.8 Å². The van der Waals surface area contributed by atoms with Gasteiger partial charge in [0.1, 0.15) is 6.17 Å². The number of benzene rings is 1. The molecule has 4 heteroatoms. The van der Waals surface area contributed by atoms with Crippen LogP contribution in [0.1, 0.15) is 43.7 Å². The fourth-order valence-corrected chi connectivity index (χ4v) is 4.74. The first-order valence-corrected chi connectivity index (χ1v) is 8.97. The summed E-state index contributed by atoms with van der Waals surface area (Å²) in [7, 11) is 0. The summed E-state index contributed by atoms with van der Waals surface area (Å²) in [6.07, 6.45) is 3.53. The van der Waals surface area contributed by atoms with Gasteiger partial charge in [-0.1, -0.05) is 30.3 Å². The van der Waals surface area contributed by atoms with Crippen LogP contribution in [0.25, 0.3) is 0 Å². The third kappa shape index (κ3) is 2.78. The quantitative estimate of drug-likeness (QED) is 0.837. The van der Waals surface area contributed by atoms with Gasteiger partial charge in [0.25, 0.3) is 0 Å². The third-order valence-corrected chi connectivity index (χ3v) is 5.92. The van der Waals surface area contributed by atoms with E-state index in [1.807, 2.05) is 11.0 Å². The Hall–Kier alpha value is -1.42. The normalized spacial score (nSPS) is 32.2. The lowest BCUT2D eigenvalue weighted by Gasteiger charge is -2.32. The number of nitrogens with zero attached hydrogens (tertiary/aromatic N) is 2. The molecule has 1 aromatic carbocycles. The Bertz CT molecular complexity index is 556. The highest BCUT2D eigenvalue weighted by molar-refractivity contribution is 5.80. The van der Waals surface area contributed by atoms with E-state index < -0.39 is 6.17 Å². The molecule has 1 aromatic rings. The van der Waals surface area contributed by atoms with Gasteiger partial charge >= 0.3 is 0 Å². The minimum atomic E-state index is -0.720. The second-order valence-electron chi connectivity index (χ2n) is 7.22. The lowest BCUT2D eigenvalue weighted by Crippen LogP contribution is -2.44. The number of fused-ring (bicyclic) bond motifs is 1. The average molecular weight is 316 g/mol. The van der Waals surface area contributed by atoms with E-state index in [0.717, 1.165) is 19.4 Å². The first-order chi connectivity index (χ1) is 11.2. The molecule has 3 nitrogen and oxygen atoms in total. The van der Waals surface area contributed by atoms with Gasteiger partial charge in [0.05, 0.1) is 5.92 Å². The minimum Gasteiger partial charge on any atom is -0.342 e. The molecule has 0 spiro atoms. The molecular formula is C19H25FN2O. The van der Waals surface area contributed by atoms with Crippen molar-refractivity contribution in [3.8, 4) is 0 Å². The zero-order chi connectivity index (χ0) is 15.8. The molecule has 3 saturated heterocycles. The van der Waals surface area contributed by atoms with Gasteiger partial charge in [-0.3, -0.25) is 9.69 Å². The number of piperidine rings is 1. The molecule has 23 heavy (non-hydrogen) atoms.